The molecule has 1 fully saturated rings. The Morgan fingerprint density at radius 2 is 1.79 bits per heavy atom. The van der Waals surface area contributed by atoms with E-state index in [0.717, 1.165) is 49.3 Å². The van der Waals surface area contributed by atoms with Crippen LogP contribution in [-0.4, -0.2) is 45.1 Å². The average molecular weight is 356 g/mol. The third-order valence-electron chi connectivity index (χ3n) is 4.23. The maximum Gasteiger partial charge on any atom is 0.232 e. The summed E-state index contributed by atoms with van der Waals surface area (Å²) in [5.41, 5.74) is 0.0298. The molecule has 1 saturated heterocycles. The van der Waals surface area contributed by atoms with Crippen LogP contribution in [-0.2, 0) is 14.8 Å². The Morgan fingerprint density at radius 3 is 2.38 bits per heavy atom. The number of nitrogens with zero attached hydrogens (tertiary/aromatic N) is 2. The van der Waals surface area contributed by atoms with E-state index in [1.807, 2.05) is 4.90 Å². The molecule has 134 valence electrons. The molecule has 0 N–H and O–H groups in total. The predicted octanol–water partition coefficient (Wildman–Crippen LogP) is 2.77. The largest absolute Gasteiger partial charge is 0.343 e. The molecular formula is C17H25FN2O3S. The van der Waals surface area contributed by atoms with E-state index in [1.165, 1.54) is 18.2 Å². The minimum absolute atomic E-state index is 0.0298. The fraction of sp³-hybridized carbons (Fsp3) is 0.588. The van der Waals surface area contributed by atoms with Crippen LogP contribution in [0.3, 0.4) is 0 Å². The number of likely N-dealkylation sites (tertiary alicyclic amines) is 1. The van der Waals surface area contributed by atoms with E-state index < -0.39 is 15.8 Å². The van der Waals surface area contributed by atoms with Gasteiger partial charge in [-0.05, 0) is 31.4 Å². The summed E-state index contributed by atoms with van der Waals surface area (Å²) in [6.07, 6.45) is 6.05. The highest BCUT2D eigenvalue weighted by molar-refractivity contribution is 7.92. The Labute approximate surface area is 143 Å². The Balaban J connectivity index is 1.96. The molecule has 0 aliphatic carbocycles. The van der Waals surface area contributed by atoms with Gasteiger partial charge in [0.05, 0.1) is 11.9 Å². The first-order valence-electron chi connectivity index (χ1n) is 8.39. The summed E-state index contributed by atoms with van der Waals surface area (Å²) in [4.78, 5) is 14.1. The van der Waals surface area contributed by atoms with Gasteiger partial charge in [-0.15, -0.1) is 0 Å². The highest BCUT2D eigenvalue weighted by atomic mass is 32.2. The van der Waals surface area contributed by atoms with Crippen LogP contribution in [0.15, 0.2) is 24.3 Å². The molecule has 24 heavy (non-hydrogen) atoms. The first kappa shape index (κ1) is 18.7. The van der Waals surface area contributed by atoms with Crippen LogP contribution in [0.25, 0.3) is 0 Å². The van der Waals surface area contributed by atoms with Gasteiger partial charge in [-0.1, -0.05) is 25.0 Å². The summed E-state index contributed by atoms with van der Waals surface area (Å²) in [5.74, 6) is -0.527. The van der Waals surface area contributed by atoms with Gasteiger partial charge in [-0.3, -0.25) is 9.10 Å². The van der Waals surface area contributed by atoms with Crippen LogP contribution in [0.2, 0.25) is 0 Å². The zero-order chi connectivity index (χ0) is 17.6. The molecule has 1 amide bonds. The number of carbonyl (C=O) groups is 1. The minimum atomic E-state index is -3.60. The predicted molar refractivity (Wildman–Crippen MR) is 92.9 cm³/mol. The molecule has 0 unspecified atom stereocenters. The lowest BCUT2D eigenvalue weighted by Crippen LogP contribution is -2.34. The summed E-state index contributed by atoms with van der Waals surface area (Å²) in [6, 6.07) is 5.78. The highest BCUT2D eigenvalue weighted by Gasteiger charge is 2.21. The molecule has 1 aliphatic heterocycles. The summed E-state index contributed by atoms with van der Waals surface area (Å²) >= 11 is 0. The van der Waals surface area contributed by atoms with E-state index in [9.17, 15) is 17.6 Å². The molecule has 1 aromatic carbocycles. The second-order valence-electron chi connectivity index (χ2n) is 6.19. The molecule has 1 heterocycles. The molecule has 0 radical (unpaired) electrons. The number of halogens is 1. The Morgan fingerprint density at radius 1 is 1.17 bits per heavy atom. The minimum Gasteiger partial charge on any atom is -0.343 e. The van der Waals surface area contributed by atoms with Crippen LogP contribution in [0.4, 0.5) is 10.1 Å². The number of rotatable bonds is 6. The van der Waals surface area contributed by atoms with Gasteiger partial charge in [0.1, 0.15) is 5.82 Å². The van der Waals surface area contributed by atoms with Crippen molar-refractivity contribution in [1.82, 2.24) is 4.90 Å². The normalized spacial score (nSPS) is 15.8. The monoisotopic (exact) mass is 356 g/mol. The Bertz CT molecular complexity index is 656. The highest BCUT2D eigenvalue weighted by Crippen LogP contribution is 2.22. The fourth-order valence-corrected chi connectivity index (χ4v) is 3.94. The zero-order valence-corrected chi connectivity index (χ0v) is 14.9. The molecule has 0 aromatic heterocycles. The second kappa shape index (κ2) is 8.46. The summed E-state index contributed by atoms with van der Waals surface area (Å²) in [5, 5.41) is 0. The van der Waals surface area contributed by atoms with Crippen molar-refractivity contribution in [2.75, 3.05) is 30.2 Å². The molecule has 1 aliphatic rings. The Kier molecular flexibility index (Phi) is 6.60. The standard InChI is InChI=1S/C17H25FN2O3S/c1-24(22,23)20(16-10-5-4-9-15(16)18)14-8-11-17(21)19-12-6-2-3-7-13-19/h4-5,9-10H,2-3,6-8,11-14H2,1H3. The number of hydrogen-bond acceptors (Lipinski definition) is 3. The smallest absolute Gasteiger partial charge is 0.232 e. The number of para-hydroxylation sites is 1. The van der Waals surface area contributed by atoms with Gasteiger partial charge in [-0.25, -0.2) is 12.8 Å². The van der Waals surface area contributed by atoms with E-state index in [0.29, 0.717) is 6.42 Å². The molecular weight excluding hydrogens is 331 g/mol. The van der Waals surface area contributed by atoms with Crippen molar-refractivity contribution in [3.63, 3.8) is 0 Å². The average Bonchev–Trinajstić information content (AvgIpc) is 2.80. The molecule has 7 heteroatoms. The third-order valence-corrected chi connectivity index (χ3v) is 5.41. The van der Waals surface area contributed by atoms with Crippen LogP contribution in [0.5, 0.6) is 0 Å². The van der Waals surface area contributed by atoms with Gasteiger partial charge >= 0.3 is 0 Å². The van der Waals surface area contributed by atoms with Gasteiger partial charge in [0.2, 0.25) is 15.9 Å². The number of sulfonamides is 1. The van der Waals surface area contributed by atoms with Gasteiger partial charge in [0.15, 0.2) is 0 Å². The maximum absolute atomic E-state index is 13.9. The Hall–Kier alpha value is -1.63. The summed E-state index contributed by atoms with van der Waals surface area (Å²) in [7, 11) is -3.60. The second-order valence-corrected chi connectivity index (χ2v) is 8.09. The lowest BCUT2D eigenvalue weighted by molar-refractivity contribution is -0.131. The lowest BCUT2D eigenvalue weighted by Gasteiger charge is -2.24. The maximum atomic E-state index is 13.9. The first-order valence-corrected chi connectivity index (χ1v) is 10.2. The van der Waals surface area contributed by atoms with Gasteiger partial charge in [-0.2, -0.15) is 0 Å². The summed E-state index contributed by atoms with van der Waals surface area (Å²) < 4.78 is 38.9. The first-order chi connectivity index (χ1) is 11.4. The molecule has 0 spiro atoms. The lowest BCUT2D eigenvalue weighted by atomic mass is 10.2. The topological polar surface area (TPSA) is 57.7 Å². The van der Waals surface area contributed by atoms with E-state index in [2.05, 4.69) is 0 Å². The van der Waals surface area contributed by atoms with Crippen LogP contribution in [0.1, 0.15) is 38.5 Å². The van der Waals surface area contributed by atoms with Crippen molar-refractivity contribution in [3.8, 4) is 0 Å². The van der Waals surface area contributed by atoms with Crippen molar-refractivity contribution < 1.29 is 17.6 Å². The van der Waals surface area contributed by atoms with E-state index >= 15 is 0 Å². The zero-order valence-electron chi connectivity index (χ0n) is 14.1. The van der Waals surface area contributed by atoms with Crippen molar-refractivity contribution in [1.29, 1.82) is 0 Å². The van der Waals surface area contributed by atoms with Gasteiger partial charge < -0.3 is 4.90 Å². The van der Waals surface area contributed by atoms with E-state index in [-0.39, 0.29) is 24.6 Å². The van der Waals surface area contributed by atoms with Gasteiger partial charge in [0, 0.05) is 26.1 Å². The molecule has 0 bridgehead atoms. The van der Waals surface area contributed by atoms with Crippen LogP contribution in [0, 0.1) is 5.82 Å². The van der Waals surface area contributed by atoms with Crippen molar-refractivity contribution in [2.24, 2.45) is 0 Å². The number of anilines is 1. The van der Waals surface area contributed by atoms with E-state index in [4.69, 9.17) is 0 Å². The third kappa shape index (κ3) is 5.19. The molecule has 1 aromatic rings. The quantitative estimate of drug-likeness (QED) is 0.787. The molecule has 0 saturated carbocycles. The number of amides is 1. The van der Waals surface area contributed by atoms with Crippen molar-refractivity contribution in [2.45, 2.75) is 38.5 Å². The van der Waals surface area contributed by atoms with Crippen LogP contribution < -0.4 is 4.31 Å². The SMILES string of the molecule is CS(=O)(=O)N(CCCC(=O)N1CCCCCC1)c1ccccc1F. The van der Waals surface area contributed by atoms with Crippen molar-refractivity contribution >= 4 is 21.6 Å². The van der Waals surface area contributed by atoms with E-state index in [1.54, 1.807) is 6.07 Å². The van der Waals surface area contributed by atoms with Crippen LogP contribution >= 0.6 is 0 Å². The molecule has 0 atom stereocenters. The number of benzene rings is 1. The number of carbonyl (C=O) groups excluding carboxylic acids is 1. The summed E-state index contributed by atoms with van der Waals surface area (Å²) in [6.45, 7) is 1.66. The number of hydrogen-bond donors (Lipinski definition) is 0. The molecule has 2 rings (SSSR count). The molecule has 5 nitrogen and oxygen atoms in total. The fourth-order valence-electron chi connectivity index (χ4n) is 2.97. The van der Waals surface area contributed by atoms with Gasteiger partial charge in [0.25, 0.3) is 0 Å². The van der Waals surface area contributed by atoms with Crippen molar-refractivity contribution in [3.05, 3.63) is 30.1 Å².